The highest BCUT2D eigenvalue weighted by atomic mass is 16.7. The number of fused-ring (bicyclic) bond motifs is 1. The Hall–Kier alpha value is -2.81. The molecule has 33 heavy (non-hydrogen) atoms. The molecule has 1 aromatic carbocycles. The SMILES string of the molecule is O=C1CCCN1CCCN1CC(OCC2CC2)CN(C(=O)c2ccc3c(c2)OCO3)CC1=O. The topological polar surface area (TPSA) is 88.6 Å². The Morgan fingerprint density at radius 2 is 1.85 bits per heavy atom. The van der Waals surface area contributed by atoms with Crippen LogP contribution in [0.4, 0.5) is 0 Å². The van der Waals surface area contributed by atoms with E-state index in [1.54, 1.807) is 28.0 Å². The Morgan fingerprint density at radius 3 is 2.64 bits per heavy atom. The fourth-order valence-corrected chi connectivity index (χ4v) is 4.62. The van der Waals surface area contributed by atoms with Crippen molar-refractivity contribution >= 4 is 17.7 Å². The molecule has 1 aromatic rings. The van der Waals surface area contributed by atoms with Gasteiger partial charge in [0.15, 0.2) is 11.5 Å². The monoisotopic (exact) mass is 457 g/mol. The summed E-state index contributed by atoms with van der Waals surface area (Å²) in [5.41, 5.74) is 0.467. The van der Waals surface area contributed by atoms with Gasteiger partial charge in [-0.1, -0.05) is 0 Å². The molecule has 9 heteroatoms. The molecular formula is C24H31N3O6. The number of amides is 3. The van der Waals surface area contributed by atoms with E-state index in [4.69, 9.17) is 14.2 Å². The quantitative estimate of drug-likeness (QED) is 0.588. The molecule has 1 atom stereocenters. The summed E-state index contributed by atoms with van der Waals surface area (Å²) in [6.45, 7) is 3.67. The average molecular weight is 458 g/mol. The van der Waals surface area contributed by atoms with Gasteiger partial charge in [0.1, 0.15) is 6.54 Å². The molecule has 3 aliphatic heterocycles. The zero-order valence-electron chi connectivity index (χ0n) is 18.9. The molecule has 1 unspecified atom stereocenters. The highest BCUT2D eigenvalue weighted by Gasteiger charge is 2.33. The van der Waals surface area contributed by atoms with Crippen molar-refractivity contribution in [3.63, 3.8) is 0 Å². The first-order valence-electron chi connectivity index (χ1n) is 11.9. The summed E-state index contributed by atoms with van der Waals surface area (Å²) in [4.78, 5) is 43.5. The minimum Gasteiger partial charge on any atom is -0.454 e. The van der Waals surface area contributed by atoms with Crippen LogP contribution >= 0.6 is 0 Å². The Morgan fingerprint density at radius 1 is 1.03 bits per heavy atom. The predicted molar refractivity (Wildman–Crippen MR) is 118 cm³/mol. The minimum atomic E-state index is -0.233. The first-order chi connectivity index (χ1) is 16.1. The second-order valence-electron chi connectivity index (χ2n) is 9.33. The van der Waals surface area contributed by atoms with Crippen LogP contribution < -0.4 is 9.47 Å². The van der Waals surface area contributed by atoms with Crippen LogP contribution in [0.25, 0.3) is 0 Å². The van der Waals surface area contributed by atoms with E-state index in [0.717, 1.165) is 19.4 Å². The van der Waals surface area contributed by atoms with Gasteiger partial charge in [0, 0.05) is 51.3 Å². The van der Waals surface area contributed by atoms with Gasteiger partial charge in [-0.15, -0.1) is 0 Å². The minimum absolute atomic E-state index is 0.0131. The third-order valence-electron chi connectivity index (χ3n) is 6.73. The average Bonchev–Trinajstić information content (AvgIpc) is 3.42. The lowest BCUT2D eigenvalue weighted by atomic mass is 10.1. The van der Waals surface area contributed by atoms with E-state index in [0.29, 0.717) is 62.2 Å². The molecule has 3 fully saturated rings. The van der Waals surface area contributed by atoms with Crippen molar-refractivity contribution in [2.24, 2.45) is 5.92 Å². The number of likely N-dealkylation sites (tertiary alicyclic amines) is 1. The lowest BCUT2D eigenvalue weighted by molar-refractivity contribution is -0.131. The molecular weight excluding hydrogens is 426 g/mol. The zero-order chi connectivity index (χ0) is 22.8. The van der Waals surface area contributed by atoms with E-state index in [9.17, 15) is 14.4 Å². The first-order valence-corrected chi connectivity index (χ1v) is 11.9. The number of carbonyl (C=O) groups excluding carboxylic acids is 3. The van der Waals surface area contributed by atoms with Gasteiger partial charge in [0.2, 0.25) is 18.6 Å². The van der Waals surface area contributed by atoms with Gasteiger partial charge >= 0.3 is 0 Å². The van der Waals surface area contributed by atoms with Crippen molar-refractivity contribution in [1.29, 1.82) is 0 Å². The summed E-state index contributed by atoms with van der Waals surface area (Å²) in [6, 6.07) is 5.10. The molecule has 0 aromatic heterocycles. The molecule has 0 N–H and O–H groups in total. The lowest BCUT2D eigenvalue weighted by Gasteiger charge is -2.25. The summed E-state index contributed by atoms with van der Waals surface area (Å²) in [5, 5.41) is 0. The lowest BCUT2D eigenvalue weighted by Crippen LogP contribution is -2.40. The van der Waals surface area contributed by atoms with E-state index in [1.807, 2.05) is 4.90 Å². The standard InChI is InChI=1S/C24H31N3O6/c28-22-3-1-8-25(22)9-2-10-26-12-19(31-15-17-4-5-17)13-27(14-23(26)29)24(30)18-6-7-20-21(11-18)33-16-32-20/h6-7,11,17,19H,1-5,8-10,12-16H2. The molecule has 4 aliphatic rings. The van der Waals surface area contributed by atoms with Gasteiger partial charge in [-0.05, 0) is 49.8 Å². The zero-order valence-corrected chi connectivity index (χ0v) is 18.9. The van der Waals surface area contributed by atoms with Gasteiger partial charge < -0.3 is 28.9 Å². The number of hydrogen-bond donors (Lipinski definition) is 0. The predicted octanol–water partition coefficient (Wildman–Crippen LogP) is 1.51. The van der Waals surface area contributed by atoms with Gasteiger partial charge in [-0.2, -0.15) is 0 Å². The molecule has 0 spiro atoms. The van der Waals surface area contributed by atoms with Gasteiger partial charge in [0.25, 0.3) is 5.91 Å². The number of benzene rings is 1. The van der Waals surface area contributed by atoms with Crippen LogP contribution in [0.5, 0.6) is 11.5 Å². The fourth-order valence-electron chi connectivity index (χ4n) is 4.62. The van der Waals surface area contributed by atoms with Crippen LogP contribution in [0.1, 0.15) is 42.5 Å². The van der Waals surface area contributed by atoms with Crippen LogP contribution in [-0.2, 0) is 14.3 Å². The molecule has 1 saturated carbocycles. The van der Waals surface area contributed by atoms with Crippen LogP contribution in [0.2, 0.25) is 0 Å². The molecule has 9 nitrogen and oxygen atoms in total. The molecule has 178 valence electrons. The highest BCUT2D eigenvalue weighted by molar-refractivity contribution is 5.97. The van der Waals surface area contributed by atoms with Gasteiger partial charge in [-0.25, -0.2) is 0 Å². The number of ether oxygens (including phenoxy) is 3. The second kappa shape index (κ2) is 9.59. The molecule has 0 bridgehead atoms. The number of rotatable bonds is 8. The fraction of sp³-hybridized carbons (Fsp3) is 0.625. The second-order valence-corrected chi connectivity index (χ2v) is 9.33. The number of carbonyl (C=O) groups is 3. The summed E-state index contributed by atoms with van der Waals surface area (Å²) in [6.07, 6.45) is 4.39. The maximum atomic E-state index is 13.3. The van der Waals surface area contributed by atoms with Crippen molar-refractivity contribution in [1.82, 2.24) is 14.7 Å². The Labute approximate surface area is 193 Å². The molecule has 3 heterocycles. The Balaban J connectivity index is 1.25. The molecule has 1 aliphatic carbocycles. The van der Waals surface area contributed by atoms with Gasteiger partial charge in [0.05, 0.1) is 6.10 Å². The highest BCUT2D eigenvalue weighted by Crippen LogP contribution is 2.33. The molecule has 3 amide bonds. The third-order valence-corrected chi connectivity index (χ3v) is 6.73. The van der Waals surface area contributed by atoms with Crippen molar-refractivity contribution in [2.45, 2.75) is 38.2 Å². The summed E-state index contributed by atoms with van der Waals surface area (Å²) in [5.74, 6) is 1.65. The largest absolute Gasteiger partial charge is 0.454 e. The number of nitrogens with zero attached hydrogens (tertiary/aromatic N) is 3. The van der Waals surface area contributed by atoms with E-state index in [-0.39, 0.29) is 37.2 Å². The molecule has 2 saturated heterocycles. The summed E-state index contributed by atoms with van der Waals surface area (Å²) in [7, 11) is 0. The van der Waals surface area contributed by atoms with Crippen molar-refractivity contribution in [3.8, 4) is 11.5 Å². The van der Waals surface area contributed by atoms with Crippen LogP contribution in [0.3, 0.4) is 0 Å². The van der Waals surface area contributed by atoms with Crippen molar-refractivity contribution in [2.75, 3.05) is 52.7 Å². The Bertz CT molecular complexity index is 917. The van der Waals surface area contributed by atoms with Crippen LogP contribution in [0.15, 0.2) is 18.2 Å². The summed E-state index contributed by atoms with van der Waals surface area (Å²) < 4.78 is 16.9. The van der Waals surface area contributed by atoms with Crippen molar-refractivity contribution < 1.29 is 28.6 Å². The molecule has 0 radical (unpaired) electrons. The third kappa shape index (κ3) is 5.24. The maximum Gasteiger partial charge on any atom is 0.254 e. The van der Waals surface area contributed by atoms with E-state index >= 15 is 0 Å². The van der Waals surface area contributed by atoms with E-state index in [2.05, 4.69) is 0 Å². The summed E-state index contributed by atoms with van der Waals surface area (Å²) >= 11 is 0. The first kappa shape index (κ1) is 22.0. The number of hydrogen-bond acceptors (Lipinski definition) is 6. The van der Waals surface area contributed by atoms with Crippen LogP contribution in [-0.4, -0.2) is 91.2 Å². The van der Waals surface area contributed by atoms with E-state index in [1.165, 1.54) is 12.8 Å². The van der Waals surface area contributed by atoms with Crippen LogP contribution in [0, 0.1) is 5.92 Å². The molecule has 5 rings (SSSR count). The van der Waals surface area contributed by atoms with Crippen molar-refractivity contribution in [3.05, 3.63) is 23.8 Å². The normalized spacial score (nSPS) is 22.8. The van der Waals surface area contributed by atoms with E-state index < -0.39 is 0 Å². The smallest absolute Gasteiger partial charge is 0.254 e. The Kier molecular flexibility index (Phi) is 6.39. The maximum absolute atomic E-state index is 13.3. The van der Waals surface area contributed by atoms with Gasteiger partial charge in [-0.3, -0.25) is 14.4 Å².